The molecule has 20 heteroatoms. The summed E-state index contributed by atoms with van der Waals surface area (Å²) in [5.41, 5.74) is 0.189. The van der Waals surface area contributed by atoms with Crippen molar-refractivity contribution in [1.82, 2.24) is 35.1 Å². The van der Waals surface area contributed by atoms with Crippen molar-refractivity contribution in [2.45, 2.75) is 131 Å². The van der Waals surface area contributed by atoms with Gasteiger partial charge in [0.05, 0.1) is 24.9 Å². The van der Waals surface area contributed by atoms with E-state index in [1.54, 1.807) is 42.8 Å². The van der Waals surface area contributed by atoms with Gasteiger partial charge in [-0.25, -0.2) is 28.0 Å². The van der Waals surface area contributed by atoms with Crippen LogP contribution in [0, 0.1) is 17.8 Å². The van der Waals surface area contributed by atoms with Crippen molar-refractivity contribution in [2.24, 2.45) is 17.8 Å². The van der Waals surface area contributed by atoms with Gasteiger partial charge >= 0.3 is 12.0 Å². The molecule has 3 aromatic heterocycles. The van der Waals surface area contributed by atoms with Crippen LogP contribution in [-0.2, 0) is 24.4 Å². The number of pyridine rings is 1. The van der Waals surface area contributed by atoms with Crippen molar-refractivity contribution in [2.75, 3.05) is 32.6 Å². The van der Waals surface area contributed by atoms with Crippen molar-refractivity contribution in [3.05, 3.63) is 59.8 Å². The van der Waals surface area contributed by atoms with Crippen LogP contribution in [-0.4, -0.2) is 120 Å². The Balaban J connectivity index is 1.09. The normalized spacial score (nSPS) is 23.0. The van der Waals surface area contributed by atoms with E-state index in [2.05, 4.69) is 27.8 Å². The van der Waals surface area contributed by atoms with Crippen molar-refractivity contribution < 1.29 is 42.2 Å². The minimum atomic E-state index is -3.81. The quantitative estimate of drug-likeness (QED) is 0.0586. The summed E-state index contributed by atoms with van der Waals surface area (Å²) >= 11 is 2.59. The number of carbonyl (C=O) groups is 4. The average Bonchev–Trinajstić information content (AvgIpc) is 3.79. The van der Waals surface area contributed by atoms with Crippen LogP contribution >= 0.6 is 22.7 Å². The number of fused-ring (bicyclic) bond motifs is 1. The third-order valence-corrected chi connectivity index (χ3v) is 18.1. The first-order valence-corrected chi connectivity index (χ1v) is 27.2. The Labute approximate surface area is 411 Å². The lowest BCUT2D eigenvalue weighted by Crippen LogP contribution is -2.60. The molecule has 1 unspecified atom stereocenters. The van der Waals surface area contributed by atoms with Crippen molar-refractivity contribution in [1.29, 1.82) is 0 Å². The zero-order valence-corrected chi connectivity index (χ0v) is 42.1. The number of thiazole rings is 1. The molecule has 0 radical (unpaired) electrons. The third kappa shape index (κ3) is 11.2. The number of rotatable bonds is 19. The minimum absolute atomic E-state index is 0.0161. The van der Waals surface area contributed by atoms with Gasteiger partial charge < -0.3 is 40.7 Å². The number of hydrogen-bond acceptors (Lipinski definition) is 13. The first-order valence-electron chi connectivity index (χ1n) is 24.0. The van der Waals surface area contributed by atoms with E-state index in [1.807, 2.05) is 25.3 Å². The standard InChI is InChI=1S/C49H64N8O9S3/c1-6-32-25-49(32,46(60)61)55-44(58)40-23-34(66-41-24-37(39-28-68-48(53-39)50-29(2)3)51-36-22-33(65-5)19-20-35(36)41)26-57(40)45(59)43(31-16-11-8-12-17-31)54-47(62)52-38(30-14-9-7-10-15-30)27-56(4)69(63,64)42-18-13-21-67-42/h6,13,18-22,24,28-32,34,38,40,43H,1,7-12,14-17,23,25-27H2,2-5H3,(H,50,53)(H,55,58)(H,60,61)(H2,52,54,62)/t32-,34+,38?,40-,43-,49+/m0/s1. The number of aromatic nitrogens is 2. The summed E-state index contributed by atoms with van der Waals surface area (Å²) < 4.78 is 41.0. The van der Waals surface area contributed by atoms with Gasteiger partial charge in [-0.1, -0.05) is 50.7 Å². The summed E-state index contributed by atoms with van der Waals surface area (Å²) in [5.74, 6) is -2.01. The van der Waals surface area contributed by atoms with E-state index in [9.17, 15) is 27.9 Å². The van der Waals surface area contributed by atoms with Crippen LogP contribution in [0.1, 0.15) is 90.9 Å². The van der Waals surface area contributed by atoms with E-state index in [4.69, 9.17) is 19.4 Å². The van der Waals surface area contributed by atoms with Gasteiger partial charge in [-0.05, 0) is 81.4 Å². The summed E-state index contributed by atoms with van der Waals surface area (Å²) in [5, 5.41) is 27.6. The lowest BCUT2D eigenvalue weighted by molar-refractivity contribution is -0.146. The monoisotopic (exact) mass is 1000 g/mol. The van der Waals surface area contributed by atoms with Crippen LogP contribution in [0.3, 0.4) is 0 Å². The van der Waals surface area contributed by atoms with Crippen molar-refractivity contribution in [3.8, 4) is 22.9 Å². The highest BCUT2D eigenvalue weighted by atomic mass is 32.2. The molecule has 4 fully saturated rings. The number of anilines is 1. The van der Waals surface area contributed by atoms with Gasteiger partial charge in [0, 0.05) is 60.9 Å². The van der Waals surface area contributed by atoms with Crippen LogP contribution in [0.5, 0.6) is 11.5 Å². The molecule has 1 saturated heterocycles. The van der Waals surface area contributed by atoms with Crippen molar-refractivity contribution >= 4 is 72.5 Å². The van der Waals surface area contributed by atoms with Gasteiger partial charge in [0.25, 0.3) is 10.0 Å². The number of benzene rings is 1. The second-order valence-electron chi connectivity index (χ2n) is 19.2. The molecule has 4 heterocycles. The molecule has 0 spiro atoms. The van der Waals surface area contributed by atoms with E-state index >= 15 is 4.79 Å². The molecule has 1 aromatic carbocycles. The SMILES string of the molecule is C=C[C@H]1C[C@]1(NC(=O)[C@@H]1C[C@@H](Oc2cc(-c3csc(NC(C)C)n3)nc3cc(OC)ccc23)CN1C(=O)[C@@H](NC(=O)NC(CN(C)S(=O)(=O)c1cccs1)C1CCCCC1)C1CCCCC1)C(=O)O. The largest absolute Gasteiger partial charge is 0.497 e. The molecule has 4 aromatic rings. The maximum atomic E-state index is 15.3. The lowest BCUT2D eigenvalue weighted by Gasteiger charge is -2.36. The predicted molar refractivity (Wildman–Crippen MR) is 266 cm³/mol. The number of sulfonamides is 1. The molecule has 3 saturated carbocycles. The minimum Gasteiger partial charge on any atom is -0.497 e. The number of carboxylic acid groups (broad SMARTS) is 1. The molecular formula is C49H64N8O9S3. The van der Waals surface area contributed by atoms with Crippen LogP contribution in [0.2, 0.25) is 0 Å². The number of hydrogen-bond donors (Lipinski definition) is 5. The predicted octanol–water partition coefficient (Wildman–Crippen LogP) is 7.26. The van der Waals surface area contributed by atoms with E-state index in [0.29, 0.717) is 46.6 Å². The summed E-state index contributed by atoms with van der Waals surface area (Å²) in [6.45, 7) is 7.84. The molecule has 8 rings (SSSR count). The van der Waals surface area contributed by atoms with E-state index < -0.39 is 69.5 Å². The number of aliphatic carboxylic acids is 1. The molecule has 1 aliphatic heterocycles. The first-order chi connectivity index (χ1) is 33.1. The smallest absolute Gasteiger partial charge is 0.330 e. The molecular weight excluding hydrogens is 941 g/mol. The molecule has 0 bridgehead atoms. The van der Waals surface area contributed by atoms with Crippen LogP contribution in [0.25, 0.3) is 22.3 Å². The maximum absolute atomic E-state index is 15.3. The molecule has 5 N–H and O–H groups in total. The second kappa shape index (κ2) is 21.4. The van der Waals surface area contributed by atoms with Gasteiger partial charge in [-0.15, -0.1) is 29.3 Å². The Kier molecular flexibility index (Phi) is 15.5. The van der Waals surface area contributed by atoms with E-state index in [-0.39, 0.29) is 48.0 Å². The molecule has 69 heavy (non-hydrogen) atoms. The highest BCUT2D eigenvalue weighted by molar-refractivity contribution is 7.91. The average molecular weight is 1010 g/mol. The van der Waals surface area contributed by atoms with Crippen LogP contribution in [0.4, 0.5) is 9.93 Å². The molecule has 6 atom stereocenters. The fourth-order valence-electron chi connectivity index (χ4n) is 10.3. The maximum Gasteiger partial charge on any atom is 0.330 e. The van der Waals surface area contributed by atoms with E-state index in [0.717, 1.165) is 67.8 Å². The number of carboxylic acids is 1. The topological polar surface area (TPSA) is 221 Å². The van der Waals surface area contributed by atoms with Crippen LogP contribution in [0.15, 0.2) is 64.0 Å². The Morgan fingerprint density at radius 1 is 0.986 bits per heavy atom. The second-order valence-corrected chi connectivity index (χ2v) is 23.3. The molecule has 372 valence electrons. The number of methoxy groups -OCH3 is 1. The number of likely N-dealkylation sites (tertiary alicyclic amines) is 1. The van der Waals surface area contributed by atoms with Gasteiger partial charge in [0.1, 0.15) is 45.1 Å². The number of likely N-dealkylation sites (N-methyl/N-ethyl adjacent to an activating group) is 1. The summed E-state index contributed by atoms with van der Waals surface area (Å²) in [6.07, 6.45) is 9.59. The first kappa shape index (κ1) is 50.1. The number of urea groups is 1. The Morgan fingerprint density at radius 3 is 2.35 bits per heavy atom. The van der Waals surface area contributed by atoms with Gasteiger partial charge in [-0.2, -0.15) is 4.31 Å². The molecule has 17 nitrogen and oxygen atoms in total. The summed E-state index contributed by atoms with van der Waals surface area (Å²) in [7, 11) is -0.718. The Hall–Kier alpha value is -5.31. The highest BCUT2D eigenvalue weighted by Crippen LogP contribution is 2.45. The van der Waals surface area contributed by atoms with Gasteiger partial charge in [-0.3, -0.25) is 9.59 Å². The number of ether oxygens (including phenoxy) is 2. The number of nitrogens with one attached hydrogen (secondary N) is 4. The molecule has 4 amide bonds. The number of nitrogens with zero attached hydrogens (tertiary/aromatic N) is 4. The van der Waals surface area contributed by atoms with Crippen molar-refractivity contribution in [3.63, 3.8) is 0 Å². The Morgan fingerprint density at radius 2 is 1.71 bits per heavy atom. The van der Waals surface area contributed by atoms with Crippen LogP contribution < -0.4 is 30.7 Å². The molecule has 4 aliphatic rings. The number of carbonyl (C=O) groups excluding carboxylic acids is 3. The fourth-order valence-corrected chi connectivity index (χ4v) is 13.5. The summed E-state index contributed by atoms with van der Waals surface area (Å²) in [4.78, 5) is 68.1. The number of amides is 4. The zero-order chi connectivity index (χ0) is 49.0. The Bertz CT molecular complexity index is 2610. The lowest BCUT2D eigenvalue weighted by atomic mass is 9.83. The number of thiophene rings is 1. The van der Waals surface area contributed by atoms with E-state index in [1.165, 1.54) is 33.7 Å². The third-order valence-electron chi connectivity index (χ3n) is 14.1. The molecule has 3 aliphatic carbocycles. The zero-order valence-electron chi connectivity index (χ0n) is 39.6. The van der Waals surface area contributed by atoms with Gasteiger partial charge in [0.15, 0.2) is 5.13 Å². The van der Waals surface area contributed by atoms with Gasteiger partial charge in [0.2, 0.25) is 11.8 Å². The highest BCUT2D eigenvalue weighted by Gasteiger charge is 2.61. The fraction of sp³-hybridized carbons (Fsp3) is 0.551. The summed E-state index contributed by atoms with van der Waals surface area (Å²) in [6, 6.07) is 7.32.